The van der Waals surface area contributed by atoms with Gasteiger partial charge in [-0.1, -0.05) is 19.3 Å². The summed E-state index contributed by atoms with van der Waals surface area (Å²) in [6, 6.07) is -0.829. The number of carbonyl (C=O) groups is 2. The van der Waals surface area contributed by atoms with Crippen LogP contribution in [0.4, 0.5) is 0 Å². The molecule has 0 aromatic heterocycles. The van der Waals surface area contributed by atoms with E-state index in [4.69, 9.17) is 9.84 Å². The van der Waals surface area contributed by atoms with E-state index in [1.165, 1.54) is 13.5 Å². The minimum Gasteiger partial charge on any atom is -0.480 e. The monoisotopic (exact) mass is 243 g/mol. The van der Waals surface area contributed by atoms with Crippen LogP contribution in [-0.4, -0.2) is 36.7 Å². The van der Waals surface area contributed by atoms with Crippen LogP contribution in [-0.2, 0) is 14.3 Å². The lowest BCUT2D eigenvalue weighted by molar-refractivity contribution is -0.143. The van der Waals surface area contributed by atoms with E-state index in [1.807, 2.05) is 0 Å². The number of methoxy groups -OCH3 is 1. The van der Waals surface area contributed by atoms with Gasteiger partial charge < -0.3 is 15.2 Å². The fourth-order valence-electron chi connectivity index (χ4n) is 2.15. The fourth-order valence-corrected chi connectivity index (χ4v) is 2.15. The van der Waals surface area contributed by atoms with Gasteiger partial charge in [-0.15, -0.1) is 0 Å². The van der Waals surface area contributed by atoms with E-state index in [0.29, 0.717) is 13.0 Å². The largest absolute Gasteiger partial charge is 0.480 e. The molecule has 5 nitrogen and oxygen atoms in total. The van der Waals surface area contributed by atoms with Crippen LogP contribution in [0.5, 0.6) is 0 Å². The van der Waals surface area contributed by atoms with Gasteiger partial charge in [0.05, 0.1) is 0 Å². The van der Waals surface area contributed by atoms with E-state index < -0.39 is 12.0 Å². The summed E-state index contributed by atoms with van der Waals surface area (Å²) < 4.78 is 4.83. The molecule has 5 heteroatoms. The quantitative estimate of drug-likeness (QED) is 0.734. The first-order valence-electron chi connectivity index (χ1n) is 6.17. The van der Waals surface area contributed by atoms with Crippen molar-refractivity contribution in [2.75, 3.05) is 13.7 Å². The standard InChI is InChI=1S/C12H21NO4/c1-17-8-7-10(12(15)16)13-11(14)9-5-3-2-4-6-9/h9-10H,2-8H2,1H3,(H,13,14)(H,15,16). The summed E-state index contributed by atoms with van der Waals surface area (Å²) in [4.78, 5) is 22.8. The summed E-state index contributed by atoms with van der Waals surface area (Å²) in [6.07, 6.45) is 5.37. The molecule has 98 valence electrons. The first-order chi connectivity index (χ1) is 8.15. The molecule has 0 radical (unpaired) electrons. The Morgan fingerprint density at radius 3 is 2.53 bits per heavy atom. The molecule has 1 saturated carbocycles. The average Bonchev–Trinajstić information content (AvgIpc) is 2.35. The number of hydrogen-bond acceptors (Lipinski definition) is 3. The Hall–Kier alpha value is -1.10. The summed E-state index contributed by atoms with van der Waals surface area (Å²) >= 11 is 0. The van der Waals surface area contributed by atoms with Crippen molar-refractivity contribution in [3.63, 3.8) is 0 Å². The Morgan fingerprint density at radius 1 is 1.35 bits per heavy atom. The molecule has 0 spiro atoms. The zero-order valence-corrected chi connectivity index (χ0v) is 10.3. The normalized spacial score (nSPS) is 18.6. The highest BCUT2D eigenvalue weighted by molar-refractivity contribution is 5.84. The Bertz CT molecular complexity index is 261. The first kappa shape index (κ1) is 14.0. The van der Waals surface area contributed by atoms with Crippen molar-refractivity contribution in [3.05, 3.63) is 0 Å². The number of hydrogen-bond donors (Lipinski definition) is 2. The van der Waals surface area contributed by atoms with E-state index in [9.17, 15) is 9.59 Å². The molecular formula is C12H21NO4. The molecule has 1 atom stereocenters. The fraction of sp³-hybridized carbons (Fsp3) is 0.833. The van der Waals surface area contributed by atoms with Crippen LogP contribution in [0, 0.1) is 5.92 Å². The topological polar surface area (TPSA) is 75.6 Å². The maximum Gasteiger partial charge on any atom is 0.326 e. The summed E-state index contributed by atoms with van der Waals surface area (Å²) in [7, 11) is 1.52. The number of nitrogens with one attached hydrogen (secondary N) is 1. The SMILES string of the molecule is COCCC(NC(=O)C1CCCCC1)C(=O)O. The molecule has 1 rings (SSSR count). The molecule has 1 fully saturated rings. The van der Waals surface area contributed by atoms with Crippen molar-refractivity contribution in [2.24, 2.45) is 5.92 Å². The average molecular weight is 243 g/mol. The van der Waals surface area contributed by atoms with Gasteiger partial charge in [0.2, 0.25) is 5.91 Å². The predicted molar refractivity (Wildman–Crippen MR) is 62.6 cm³/mol. The number of rotatable bonds is 6. The molecule has 1 unspecified atom stereocenters. The highest BCUT2D eigenvalue weighted by Gasteiger charge is 2.26. The number of ether oxygens (including phenoxy) is 1. The molecule has 0 bridgehead atoms. The Kier molecular flexibility index (Phi) is 5.97. The summed E-state index contributed by atoms with van der Waals surface area (Å²) in [5, 5.41) is 11.6. The molecule has 1 aliphatic carbocycles. The van der Waals surface area contributed by atoms with Gasteiger partial charge in [0.15, 0.2) is 0 Å². The lowest BCUT2D eigenvalue weighted by Crippen LogP contribution is -2.44. The van der Waals surface area contributed by atoms with Crippen LogP contribution >= 0.6 is 0 Å². The lowest BCUT2D eigenvalue weighted by atomic mass is 9.88. The second-order valence-electron chi connectivity index (χ2n) is 4.52. The van der Waals surface area contributed by atoms with E-state index in [0.717, 1.165) is 25.7 Å². The van der Waals surface area contributed by atoms with Crippen molar-refractivity contribution in [3.8, 4) is 0 Å². The van der Waals surface area contributed by atoms with Gasteiger partial charge >= 0.3 is 5.97 Å². The van der Waals surface area contributed by atoms with Gasteiger partial charge in [0.1, 0.15) is 6.04 Å². The minimum absolute atomic E-state index is 0.00635. The predicted octanol–water partition coefficient (Wildman–Crippen LogP) is 1.17. The molecule has 1 aliphatic rings. The molecule has 0 aromatic rings. The lowest BCUT2D eigenvalue weighted by Gasteiger charge is -2.23. The van der Waals surface area contributed by atoms with E-state index in [1.54, 1.807) is 0 Å². The molecule has 2 N–H and O–H groups in total. The van der Waals surface area contributed by atoms with Crippen LogP contribution in [0.3, 0.4) is 0 Å². The van der Waals surface area contributed by atoms with Crippen LogP contribution in [0.25, 0.3) is 0 Å². The van der Waals surface area contributed by atoms with Crippen molar-refractivity contribution in [1.82, 2.24) is 5.32 Å². The molecule has 0 aromatic carbocycles. The van der Waals surface area contributed by atoms with E-state index >= 15 is 0 Å². The third kappa shape index (κ3) is 4.73. The van der Waals surface area contributed by atoms with E-state index in [2.05, 4.69) is 5.32 Å². The van der Waals surface area contributed by atoms with Crippen molar-refractivity contribution < 1.29 is 19.4 Å². The maximum atomic E-state index is 11.9. The van der Waals surface area contributed by atoms with Crippen molar-refractivity contribution in [1.29, 1.82) is 0 Å². The molecule has 0 heterocycles. The molecule has 0 aliphatic heterocycles. The van der Waals surface area contributed by atoms with Crippen molar-refractivity contribution >= 4 is 11.9 Å². The molecule has 17 heavy (non-hydrogen) atoms. The van der Waals surface area contributed by atoms with Gasteiger partial charge in [-0.2, -0.15) is 0 Å². The number of carboxylic acids is 1. The molecule has 1 amide bonds. The second kappa shape index (κ2) is 7.27. The van der Waals surface area contributed by atoms with Gasteiger partial charge in [-0.05, 0) is 12.8 Å². The minimum atomic E-state index is -0.994. The number of carboxylic acid groups (broad SMARTS) is 1. The third-order valence-corrected chi connectivity index (χ3v) is 3.20. The summed E-state index contributed by atoms with van der Waals surface area (Å²) in [5.74, 6) is -1.12. The zero-order chi connectivity index (χ0) is 12.7. The van der Waals surface area contributed by atoms with Crippen LogP contribution in [0.1, 0.15) is 38.5 Å². The number of amides is 1. The molecular weight excluding hydrogens is 222 g/mol. The Balaban J connectivity index is 2.42. The maximum absolute atomic E-state index is 11.9. The zero-order valence-electron chi connectivity index (χ0n) is 10.3. The van der Waals surface area contributed by atoms with Crippen molar-refractivity contribution in [2.45, 2.75) is 44.6 Å². The van der Waals surface area contributed by atoms with Crippen LogP contribution in [0.2, 0.25) is 0 Å². The summed E-state index contributed by atoms with van der Waals surface area (Å²) in [6.45, 7) is 0.335. The first-order valence-corrected chi connectivity index (χ1v) is 6.17. The summed E-state index contributed by atoms with van der Waals surface area (Å²) in [5.41, 5.74) is 0. The Morgan fingerprint density at radius 2 is 2.00 bits per heavy atom. The smallest absolute Gasteiger partial charge is 0.326 e. The van der Waals surface area contributed by atoms with Gasteiger partial charge in [-0.25, -0.2) is 4.79 Å². The van der Waals surface area contributed by atoms with Gasteiger partial charge in [0.25, 0.3) is 0 Å². The molecule has 0 saturated heterocycles. The number of aliphatic carboxylic acids is 1. The highest BCUT2D eigenvalue weighted by atomic mass is 16.5. The van der Waals surface area contributed by atoms with E-state index in [-0.39, 0.29) is 11.8 Å². The highest BCUT2D eigenvalue weighted by Crippen LogP contribution is 2.23. The van der Waals surface area contributed by atoms with Crippen LogP contribution < -0.4 is 5.32 Å². The number of carbonyl (C=O) groups excluding carboxylic acids is 1. The third-order valence-electron chi connectivity index (χ3n) is 3.20. The van der Waals surface area contributed by atoms with Crippen LogP contribution in [0.15, 0.2) is 0 Å². The van der Waals surface area contributed by atoms with Gasteiger partial charge in [-0.3, -0.25) is 4.79 Å². The van der Waals surface area contributed by atoms with Gasteiger partial charge in [0, 0.05) is 26.1 Å². The second-order valence-corrected chi connectivity index (χ2v) is 4.52. The Labute approximate surface area is 102 Å².